The lowest BCUT2D eigenvalue weighted by Crippen LogP contribution is -2.44. The van der Waals surface area contributed by atoms with Crippen LogP contribution in [0, 0.1) is 0 Å². The lowest BCUT2D eigenvalue weighted by atomic mass is 10.2. The second-order valence-corrected chi connectivity index (χ2v) is 7.95. The van der Waals surface area contributed by atoms with Gasteiger partial charge in [-0.05, 0) is 47.3 Å². The highest BCUT2D eigenvalue weighted by atomic mass is 79.9. The Bertz CT molecular complexity index is 816. The van der Waals surface area contributed by atoms with E-state index < -0.39 is 0 Å². The van der Waals surface area contributed by atoms with Gasteiger partial charge in [0, 0.05) is 43.6 Å². The number of rotatable bonds is 4. The number of fused-ring (bicyclic) bond motifs is 1. The van der Waals surface area contributed by atoms with Crippen molar-refractivity contribution in [1.29, 1.82) is 0 Å². The average Bonchev–Trinajstić information content (AvgIpc) is 3.32. The molecule has 1 aromatic heterocycles. The number of anilines is 1. The molecule has 0 amide bonds. The third-order valence-corrected chi connectivity index (χ3v) is 5.97. The Labute approximate surface area is 168 Å². The molecular formula is C19H26BrN7. The molecule has 0 radical (unpaired) electrons. The van der Waals surface area contributed by atoms with Gasteiger partial charge in [-0.3, -0.25) is 4.99 Å². The van der Waals surface area contributed by atoms with E-state index in [0.29, 0.717) is 12.6 Å². The quantitative estimate of drug-likeness (QED) is 0.574. The Morgan fingerprint density at radius 1 is 1.26 bits per heavy atom. The highest BCUT2D eigenvalue weighted by Crippen LogP contribution is 2.28. The third kappa shape index (κ3) is 4.10. The van der Waals surface area contributed by atoms with Crippen LogP contribution in [-0.2, 0) is 19.5 Å². The molecular weight excluding hydrogens is 406 g/mol. The van der Waals surface area contributed by atoms with Crippen molar-refractivity contribution in [2.24, 2.45) is 4.99 Å². The van der Waals surface area contributed by atoms with Gasteiger partial charge in [-0.25, -0.2) is 0 Å². The molecule has 1 unspecified atom stereocenters. The van der Waals surface area contributed by atoms with Crippen LogP contribution in [-0.4, -0.2) is 46.9 Å². The number of halogens is 1. The molecule has 2 aliphatic rings. The summed E-state index contributed by atoms with van der Waals surface area (Å²) in [5, 5.41) is 15.6. The summed E-state index contributed by atoms with van der Waals surface area (Å²) in [6.45, 7) is 3.67. The van der Waals surface area contributed by atoms with Gasteiger partial charge in [0.15, 0.2) is 11.8 Å². The first kappa shape index (κ1) is 18.3. The molecule has 2 aromatic rings. The van der Waals surface area contributed by atoms with E-state index in [2.05, 4.69) is 69.4 Å². The van der Waals surface area contributed by atoms with Crippen molar-refractivity contribution in [3.63, 3.8) is 0 Å². The molecule has 1 fully saturated rings. The second kappa shape index (κ2) is 8.29. The van der Waals surface area contributed by atoms with Crippen LogP contribution in [0.15, 0.2) is 33.7 Å². The van der Waals surface area contributed by atoms with Gasteiger partial charge < -0.3 is 20.1 Å². The lowest BCUT2D eigenvalue weighted by molar-refractivity contribution is 0.504. The molecule has 0 bridgehead atoms. The fourth-order valence-electron chi connectivity index (χ4n) is 3.86. The summed E-state index contributed by atoms with van der Waals surface area (Å²) in [5.74, 6) is 2.93. The number of benzene rings is 1. The van der Waals surface area contributed by atoms with Crippen molar-refractivity contribution in [2.75, 3.05) is 25.0 Å². The summed E-state index contributed by atoms with van der Waals surface area (Å²) in [7, 11) is 1.81. The van der Waals surface area contributed by atoms with Gasteiger partial charge in [-0.15, -0.1) is 10.2 Å². The largest absolute Gasteiger partial charge is 0.368 e. The van der Waals surface area contributed by atoms with Gasteiger partial charge in [0.1, 0.15) is 5.82 Å². The highest BCUT2D eigenvalue weighted by Gasteiger charge is 2.24. The summed E-state index contributed by atoms with van der Waals surface area (Å²) < 4.78 is 3.39. The second-order valence-electron chi connectivity index (χ2n) is 7.09. The van der Waals surface area contributed by atoms with Crippen LogP contribution in [0.3, 0.4) is 0 Å². The number of para-hydroxylation sites is 1. The smallest absolute Gasteiger partial charge is 0.191 e. The van der Waals surface area contributed by atoms with E-state index in [-0.39, 0.29) is 0 Å². The number of aliphatic imine (C=N–C) groups is 1. The molecule has 1 atom stereocenters. The van der Waals surface area contributed by atoms with Gasteiger partial charge >= 0.3 is 0 Å². The van der Waals surface area contributed by atoms with Crippen molar-refractivity contribution < 1.29 is 0 Å². The van der Waals surface area contributed by atoms with E-state index in [1.807, 2.05) is 13.1 Å². The van der Waals surface area contributed by atoms with Crippen molar-refractivity contribution in [1.82, 2.24) is 25.4 Å². The first-order valence-corrected chi connectivity index (χ1v) is 10.4. The molecule has 0 spiro atoms. The van der Waals surface area contributed by atoms with Crippen LogP contribution < -0.4 is 15.5 Å². The van der Waals surface area contributed by atoms with E-state index in [1.54, 1.807) is 0 Å². The SMILES string of the molecule is CN=C(NCc1nnc2n1CCCC2)NC1CCN(c2ccccc2Br)C1. The molecule has 0 saturated carbocycles. The van der Waals surface area contributed by atoms with Gasteiger partial charge in [-0.2, -0.15) is 0 Å². The first-order valence-electron chi connectivity index (χ1n) is 9.62. The highest BCUT2D eigenvalue weighted by molar-refractivity contribution is 9.10. The van der Waals surface area contributed by atoms with Crippen molar-refractivity contribution in [3.8, 4) is 0 Å². The number of guanidine groups is 1. The Morgan fingerprint density at radius 2 is 2.15 bits per heavy atom. The van der Waals surface area contributed by atoms with Gasteiger partial charge in [0.2, 0.25) is 0 Å². The zero-order chi connectivity index (χ0) is 18.6. The van der Waals surface area contributed by atoms with E-state index in [1.165, 1.54) is 18.5 Å². The minimum absolute atomic E-state index is 0.371. The van der Waals surface area contributed by atoms with Gasteiger partial charge in [0.25, 0.3) is 0 Å². The number of aryl methyl sites for hydroxylation is 1. The van der Waals surface area contributed by atoms with E-state index >= 15 is 0 Å². The van der Waals surface area contributed by atoms with Crippen LogP contribution in [0.25, 0.3) is 0 Å². The Morgan fingerprint density at radius 3 is 3.00 bits per heavy atom. The molecule has 8 heteroatoms. The Hall–Kier alpha value is -2.09. The van der Waals surface area contributed by atoms with E-state index in [4.69, 9.17) is 0 Å². The first-order chi connectivity index (χ1) is 13.2. The predicted octanol–water partition coefficient (Wildman–Crippen LogP) is 2.32. The van der Waals surface area contributed by atoms with Crippen LogP contribution in [0.4, 0.5) is 5.69 Å². The average molecular weight is 432 g/mol. The van der Waals surface area contributed by atoms with Crippen molar-refractivity contribution in [2.45, 2.75) is 44.8 Å². The molecule has 0 aliphatic carbocycles. The van der Waals surface area contributed by atoms with Crippen molar-refractivity contribution >= 4 is 27.6 Å². The molecule has 1 aromatic carbocycles. The molecule has 2 N–H and O–H groups in total. The van der Waals surface area contributed by atoms with Crippen LogP contribution >= 0.6 is 15.9 Å². The number of nitrogens with one attached hydrogen (secondary N) is 2. The topological polar surface area (TPSA) is 70.4 Å². The molecule has 1 saturated heterocycles. The zero-order valence-electron chi connectivity index (χ0n) is 15.7. The lowest BCUT2D eigenvalue weighted by Gasteiger charge is -2.21. The van der Waals surface area contributed by atoms with Gasteiger partial charge in [0.05, 0.1) is 12.2 Å². The number of hydrogen-bond acceptors (Lipinski definition) is 4. The summed E-state index contributed by atoms with van der Waals surface area (Å²) in [5.41, 5.74) is 1.25. The molecule has 4 rings (SSSR count). The van der Waals surface area contributed by atoms with Gasteiger partial charge in [-0.1, -0.05) is 12.1 Å². The summed E-state index contributed by atoms with van der Waals surface area (Å²) in [6.07, 6.45) is 4.54. The molecule has 2 aliphatic heterocycles. The normalized spacial score (nSPS) is 19.9. The maximum Gasteiger partial charge on any atom is 0.191 e. The Kier molecular flexibility index (Phi) is 5.61. The number of hydrogen-bond donors (Lipinski definition) is 2. The monoisotopic (exact) mass is 431 g/mol. The van der Waals surface area contributed by atoms with Crippen LogP contribution in [0.2, 0.25) is 0 Å². The number of aromatic nitrogens is 3. The summed E-state index contributed by atoms with van der Waals surface area (Å²) >= 11 is 3.65. The van der Waals surface area contributed by atoms with Crippen LogP contribution in [0.1, 0.15) is 30.9 Å². The minimum Gasteiger partial charge on any atom is -0.368 e. The fraction of sp³-hybridized carbons (Fsp3) is 0.526. The third-order valence-electron chi connectivity index (χ3n) is 5.30. The molecule has 144 valence electrons. The standard InChI is InChI=1S/C19H26BrN7/c1-21-19(22-12-18-25-24-17-8-4-5-10-27(17)18)23-14-9-11-26(13-14)16-7-3-2-6-15(16)20/h2-3,6-7,14H,4-5,8-13H2,1H3,(H2,21,22,23). The van der Waals surface area contributed by atoms with Crippen LogP contribution in [0.5, 0.6) is 0 Å². The minimum atomic E-state index is 0.371. The Balaban J connectivity index is 1.32. The summed E-state index contributed by atoms with van der Waals surface area (Å²) in [4.78, 5) is 6.79. The maximum atomic E-state index is 4.39. The predicted molar refractivity (Wildman–Crippen MR) is 111 cm³/mol. The maximum absolute atomic E-state index is 4.39. The van der Waals surface area contributed by atoms with E-state index in [9.17, 15) is 0 Å². The molecule has 27 heavy (non-hydrogen) atoms. The molecule has 7 nitrogen and oxygen atoms in total. The zero-order valence-corrected chi connectivity index (χ0v) is 17.2. The fourth-order valence-corrected chi connectivity index (χ4v) is 4.39. The van der Waals surface area contributed by atoms with E-state index in [0.717, 1.165) is 54.6 Å². The van der Waals surface area contributed by atoms with Crippen molar-refractivity contribution in [3.05, 3.63) is 40.4 Å². The molecule has 3 heterocycles. The summed E-state index contributed by atoms with van der Waals surface area (Å²) in [6, 6.07) is 8.76. The number of nitrogens with zero attached hydrogens (tertiary/aromatic N) is 5.